The van der Waals surface area contributed by atoms with Crippen LogP contribution in [0.4, 0.5) is 10.1 Å². The Kier molecular flexibility index (Phi) is 6.93. The number of halogens is 1. The van der Waals surface area contributed by atoms with E-state index in [1.54, 1.807) is 37.5 Å². The SMILES string of the molecule is CCN(C)C=Nc1cc(OC)c(C(=O)OCc2ccc(C)cc2F)cc1C. The molecule has 0 fully saturated rings. The second kappa shape index (κ2) is 9.16. The minimum Gasteiger partial charge on any atom is -0.496 e. The third-order valence-corrected chi connectivity index (χ3v) is 4.20. The standard InChI is InChI=1S/C21H25FN2O3/c1-6-24(4)13-23-19-11-20(26-5)17(10-15(19)3)21(25)27-12-16-8-7-14(2)9-18(16)22/h7-11,13H,6,12H2,1-5H3. The van der Waals surface area contributed by atoms with Gasteiger partial charge in [0, 0.05) is 25.2 Å². The van der Waals surface area contributed by atoms with Crippen LogP contribution in [-0.2, 0) is 11.3 Å². The zero-order valence-electron chi connectivity index (χ0n) is 16.4. The molecule has 2 aromatic carbocycles. The number of aliphatic imine (C=N–C) groups is 1. The van der Waals surface area contributed by atoms with Crippen LogP contribution in [0.5, 0.6) is 5.75 Å². The Morgan fingerprint density at radius 2 is 2.00 bits per heavy atom. The van der Waals surface area contributed by atoms with Crippen LogP contribution in [0.3, 0.4) is 0 Å². The van der Waals surface area contributed by atoms with Gasteiger partial charge in [-0.25, -0.2) is 14.2 Å². The van der Waals surface area contributed by atoms with Crippen molar-refractivity contribution in [2.75, 3.05) is 20.7 Å². The van der Waals surface area contributed by atoms with Crippen molar-refractivity contribution in [3.8, 4) is 5.75 Å². The van der Waals surface area contributed by atoms with Gasteiger partial charge in [-0.05, 0) is 44.0 Å². The fraction of sp³-hybridized carbons (Fsp3) is 0.333. The summed E-state index contributed by atoms with van der Waals surface area (Å²) in [6, 6.07) is 8.16. The summed E-state index contributed by atoms with van der Waals surface area (Å²) in [6.07, 6.45) is 1.72. The van der Waals surface area contributed by atoms with Gasteiger partial charge in [-0.2, -0.15) is 0 Å². The fourth-order valence-electron chi connectivity index (χ4n) is 2.38. The van der Waals surface area contributed by atoms with Crippen LogP contribution in [-0.4, -0.2) is 37.9 Å². The van der Waals surface area contributed by atoms with Crippen LogP contribution in [0.15, 0.2) is 35.3 Å². The zero-order chi connectivity index (χ0) is 20.0. The van der Waals surface area contributed by atoms with E-state index in [0.29, 0.717) is 17.0 Å². The first-order valence-corrected chi connectivity index (χ1v) is 8.71. The predicted octanol–water partition coefficient (Wildman–Crippen LogP) is 4.42. The van der Waals surface area contributed by atoms with Crippen molar-refractivity contribution in [3.05, 3.63) is 58.4 Å². The maximum Gasteiger partial charge on any atom is 0.342 e. The molecule has 0 saturated carbocycles. The normalized spacial score (nSPS) is 10.9. The quantitative estimate of drug-likeness (QED) is 0.410. The average molecular weight is 372 g/mol. The largest absolute Gasteiger partial charge is 0.496 e. The maximum absolute atomic E-state index is 13.9. The summed E-state index contributed by atoms with van der Waals surface area (Å²) in [7, 11) is 3.40. The molecule has 2 rings (SSSR count). The van der Waals surface area contributed by atoms with Crippen molar-refractivity contribution < 1.29 is 18.7 Å². The highest BCUT2D eigenvalue weighted by Crippen LogP contribution is 2.29. The molecular weight excluding hydrogens is 347 g/mol. The topological polar surface area (TPSA) is 51.1 Å². The third kappa shape index (κ3) is 5.29. The van der Waals surface area contributed by atoms with Crippen LogP contribution < -0.4 is 4.74 Å². The summed E-state index contributed by atoms with van der Waals surface area (Å²) < 4.78 is 24.5. The molecule has 27 heavy (non-hydrogen) atoms. The number of ether oxygens (including phenoxy) is 2. The molecule has 0 atom stereocenters. The van der Waals surface area contributed by atoms with Gasteiger partial charge in [0.25, 0.3) is 0 Å². The highest BCUT2D eigenvalue weighted by Gasteiger charge is 2.17. The number of hydrogen-bond donors (Lipinski definition) is 0. The van der Waals surface area contributed by atoms with Gasteiger partial charge in [-0.1, -0.05) is 12.1 Å². The van der Waals surface area contributed by atoms with Crippen molar-refractivity contribution in [2.45, 2.75) is 27.4 Å². The molecule has 0 bridgehead atoms. The summed E-state index contributed by atoms with van der Waals surface area (Å²) in [5.41, 5.74) is 2.93. The Bertz CT molecular complexity index is 850. The van der Waals surface area contributed by atoms with E-state index in [1.165, 1.54) is 13.2 Å². The number of nitrogens with zero attached hydrogens (tertiary/aromatic N) is 2. The molecule has 0 spiro atoms. The minimum absolute atomic E-state index is 0.144. The Hall–Kier alpha value is -2.89. The minimum atomic E-state index is -0.573. The zero-order valence-corrected chi connectivity index (χ0v) is 16.4. The molecule has 0 aliphatic rings. The molecular formula is C21H25FN2O3. The lowest BCUT2D eigenvalue weighted by Gasteiger charge is -2.13. The Balaban J connectivity index is 2.20. The van der Waals surface area contributed by atoms with Crippen LogP contribution in [0, 0.1) is 19.7 Å². The number of aryl methyl sites for hydroxylation is 2. The van der Waals surface area contributed by atoms with Gasteiger partial charge in [0.15, 0.2) is 0 Å². The van der Waals surface area contributed by atoms with Crippen LogP contribution in [0.2, 0.25) is 0 Å². The molecule has 0 aromatic heterocycles. The van der Waals surface area contributed by atoms with E-state index in [9.17, 15) is 9.18 Å². The summed E-state index contributed by atoms with van der Waals surface area (Å²) in [4.78, 5) is 18.8. The van der Waals surface area contributed by atoms with Crippen molar-refractivity contribution in [1.82, 2.24) is 4.90 Å². The Morgan fingerprint density at radius 3 is 2.63 bits per heavy atom. The number of carbonyl (C=O) groups is 1. The van der Waals surface area contributed by atoms with Crippen molar-refractivity contribution in [2.24, 2.45) is 4.99 Å². The number of esters is 1. The molecule has 0 amide bonds. The lowest BCUT2D eigenvalue weighted by atomic mass is 10.1. The van der Waals surface area contributed by atoms with Crippen molar-refractivity contribution in [3.63, 3.8) is 0 Å². The molecule has 0 aliphatic carbocycles. The molecule has 5 nitrogen and oxygen atoms in total. The van der Waals surface area contributed by atoms with E-state index in [0.717, 1.165) is 17.7 Å². The number of hydrogen-bond acceptors (Lipinski definition) is 4. The van der Waals surface area contributed by atoms with E-state index in [-0.39, 0.29) is 12.2 Å². The predicted molar refractivity (Wildman–Crippen MR) is 104 cm³/mol. The van der Waals surface area contributed by atoms with Gasteiger partial charge in [0.2, 0.25) is 0 Å². The summed E-state index contributed by atoms with van der Waals surface area (Å²) >= 11 is 0. The smallest absolute Gasteiger partial charge is 0.342 e. The first-order valence-electron chi connectivity index (χ1n) is 8.71. The lowest BCUT2D eigenvalue weighted by molar-refractivity contribution is 0.0465. The number of carbonyl (C=O) groups excluding carboxylic acids is 1. The molecule has 6 heteroatoms. The molecule has 0 N–H and O–H groups in total. The van der Waals surface area contributed by atoms with Gasteiger partial charge in [0.1, 0.15) is 23.7 Å². The second-order valence-corrected chi connectivity index (χ2v) is 6.33. The van der Waals surface area contributed by atoms with Gasteiger partial charge in [-0.3, -0.25) is 0 Å². The molecule has 2 aromatic rings. The Labute approximate surface area is 159 Å². The molecule has 0 aliphatic heterocycles. The van der Waals surface area contributed by atoms with Crippen molar-refractivity contribution >= 4 is 18.0 Å². The van der Waals surface area contributed by atoms with Crippen LogP contribution in [0.1, 0.15) is 34.0 Å². The van der Waals surface area contributed by atoms with E-state index >= 15 is 0 Å². The van der Waals surface area contributed by atoms with Gasteiger partial charge >= 0.3 is 5.97 Å². The number of methoxy groups -OCH3 is 1. The lowest BCUT2D eigenvalue weighted by Crippen LogP contribution is -2.14. The Morgan fingerprint density at radius 1 is 1.26 bits per heavy atom. The number of rotatable bonds is 7. The van der Waals surface area contributed by atoms with E-state index in [2.05, 4.69) is 4.99 Å². The van der Waals surface area contributed by atoms with Gasteiger partial charge in [-0.15, -0.1) is 0 Å². The highest BCUT2D eigenvalue weighted by atomic mass is 19.1. The first-order chi connectivity index (χ1) is 12.8. The number of benzene rings is 2. The summed E-state index contributed by atoms with van der Waals surface area (Å²) in [5.74, 6) is -0.604. The molecule has 0 radical (unpaired) electrons. The average Bonchev–Trinajstić information content (AvgIpc) is 2.65. The molecule has 144 valence electrons. The molecule has 0 unspecified atom stereocenters. The fourth-order valence-corrected chi connectivity index (χ4v) is 2.38. The van der Waals surface area contributed by atoms with Gasteiger partial charge in [0.05, 0.1) is 19.1 Å². The van der Waals surface area contributed by atoms with E-state index < -0.39 is 11.8 Å². The monoisotopic (exact) mass is 372 g/mol. The second-order valence-electron chi connectivity index (χ2n) is 6.33. The van der Waals surface area contributed by atoms with Crippen LogP contribution in [0.25, 0.3) is 0 Å². The summed E-state index contributed by atoms with van der Waals surface area (Å²) in [5, 5.41) is 0. The van der Waals surface area contributed by atoms with Crippen LogP contribution >= 0.6 is 0 Å². The third-order valence-electron chi connectivity index (χ3n) is 4.20. The maximum atomic E-state index is 13.9. The highest BCUT2D eigenvalue weighted by molar-refractivity contribution is 5.93. The van der Waals surface area contributed by atoms with Crippen molar-refractivity contribution in [1.29, 1.82) is 0 Å². The van der Waals surface area contributed by atoms with E-state index in [4.69, 9.17) is 9.47 Å². The van der Waals surface area contributed by atoms with Gasteiger partial charge < -0.3 is 14.4 Å². The first kappa shape index (κ1) is 20.4. The summed E-state index contributed by atoms with van der Waals surface area (Å²) in [6.45, 7) is 6.37. The molecule has 0 saturated heterocycles. The molecule has 0 heterocycles. The van der Waals surface area contributed by atoms with E-state index in [1.807, 2.05) is 25.8 Å².